The summed E-state index contributed by atoms with van der Waals surface area (Å²) in [6.07, 6.45) is -7.44. The quantitative estimate of drug-likeness (QED) is 0.222. The molecule has 1 saturated carbocycles. The zero-order chi connectivity index (χ0) is 18.7. The van der Waals surface area contributed by atoms with E-state index in [1.807, 2.05) is 0 Å². The van der Waals surface area contributed by atoms with E-state index >= 15 is 0 Å². The molecular weight excluding hydrogens is 336 g/mol. The normalized spacial score (nSPS) is 48.5. The fourth-order valence-corrected chi connectivity index (χ4v) is 3.27. The minimum atomic E-state index is -1.36. The van der Waals surface area contributed by atoms with Gasteiger partial charge in [-0.2, -0.15) is 0 Å². The monoisotopic (exact) mass is 366 g/mol. The molecule has 2 rings (SSSR count). The van der Waals surface area contributed by atoms with Gasteiger partial charge in [-0.3, -0.25) is 0 Å². The SMILES string of the molecule is NCCOC1C(N)CC(N)C(OC2OC(CO)C(O)C(N)C2O)C1O. The first-order chi connectivity index (χ1) is 11.8. The van der Waals surface area contributed by atoms with E-state index in [9.17, 15) is 20.4 Å². The highest BCUT2D eigenvalue weighted by molar-refractivity contribution is 5.00. The maximum Gasteiger partial charge on any atom is 0.186 e. The third-order valence-corrected chi connectivity index (χ3v) is 4.72. The lowest BCUT2D eigenvalue weighted by Crippen LogP contribution is -2.67. The van der Waals surface area contributed by atoms with Gasteiger partial charge in [-0.1, -0.05) is 0 Å². The highest BCUT2D eigenvalue weighted by Gasteiger charge is 2.48. The molecule has 0 spiro atoms. The van der Waals surface area contributed by atoms with Crippen LogP contribution in [0.25, 0.3) is 0 Å². The highest BCUT2D eigenvalue weighted by Crippen LogP contribution is 2.28. The van der Waals surface area contributed by atoms with Crippen molar-refractivity contribution in [3.05, 3.63) is 0 Å². The molecular formula is C14H30N4O7. The first kappa shape index (κ1) is 20.9. The van der Waals surface area contributed by atoms with Gasteiger partial charge >= 0.3 is 0 Å². The first-order valence-corrected chi connectivity index (χ1v) is 8.36. The number of nitrogens with two attached hydrogens (primary N) is 4. The summed E-state index contributed by atoms with van der Waals surface area (Å²) in [5, 5.41) is 39.8. The summed E-state index contributed by atoms with van der Waals surface area (Å²) in [5.41, 5.74) is 23.2. The minimum absolute atomic E-state index is 0.212. The molecule has 11 heteroatoms. The van der Waals surface area contributed by atoms with Crippen molar-refractivity contribution < 1.29 is 34.6 Å². The van der Waals surface area contributed by atoms with Gasteiger partial charge in [0.15, 0.2) is 6.29 Å². The van der Waals surface area contributed by atoms with E-state index in [4.69, 9.17) is 37.1 Å². The molecule has 148 valence electrons. The van der Waals surface area contributed by atoms with Gasteiger partial charge in [0, 0.05) is 18.6 Å². The highest BCUT2D eigenvalue weighted by atomic mass is 16.7. The van der Waals surface area contributed by atoms with E-state index in [0.29, 0.717) is 6.42 Å². The molecule has 10 unspecified atom stereocenters. The van der Waals surface area contributed by atoms with Crippen LogP contribution in [0.2, 0.25) is 0 Å². The molecule has 25 heavy (non-hydrogen) atoms. The Labute approximate surface area is 145 Å². The molecule has 1 heterocycles. The molecule has 0 aromatic rings. The van der Waals surface area contributed by atoms with Crippen LogP contribution in [-0.2, 0) is 14.2 Å². The van der Waals surface area contributed by atoms with E-state index in [2.05, 4.69) is 0 Å². The van der Waals surface area contributed by atoms with Crippen LogP contribution in [0.5, 0.6) is 0 Å². The fraction of sp³-hybridized carbons (Fsp3) is 1.00. The summed E-state index contributed by atoms with van der Waals surface area (Å²) in [6, 6.07) is -2.21. The van der Waals surface area contributed by atoms with Crippen molar-refractivity contribution in [2.24, 2.45) is 22.9 Å². The number of aliphatic hydroxyl groups excluding tert-OH is 4. The Morgan fingerprint density at radius 1 is 0.960 bits per heavy atom. The molecule has 0 aromatic heterocycles. The van der Waals surface area contributed by atoms with Gasteiger partial charge < -0.3 is 57.6 Å². The molecule has 2 fully saturated rings. The van der Waals surface area contributed by atoms with Gasteiger partial charge in [0.2, 0.25) is 0 Å². The van der Waals surface area contributed by atoms with Crippen molar-refractivity contribution in [3.8, 4) is 0 Å². The van der Waals surface area contributed by atoms with Gasteiger partial charge in [-0.15, -0.1) is 0 Å². The average molecular weight is 366 g/mol. The van der Waals surface area contributed by atoms with Crippen molar-refractivity contribution in [2.45, 2.75) is 67.5 Å². The smallest absolute Gasteiger partial charge is 0.186 e. The van der Waals surface area contributed by atoms with Crippen molar-refractivity contribution in [1.29, 1.82) is 0 Å². The van der Waals surface area contributed by atoms with E-state index in [1.165, 1.54) is 0 Å². The maximum absolute atomic E-state index is 10.5. The summed E-state index contributed by atoms with van der Waals surface area (Å²) in [4.78, 5) is 0. The Morgan fingerprint density at radius 2 is 1.60 bits per heavy atom. The lowest BCUT2D eigenvalue weighted by molar-refractivity contribution is -0.305. The molecule has 0 aromatic carbocycles. The van der Waals surface area contributed by atoms with Gasteiger partial charge in [-0.25, -0.2) is 0 Å². The second-order valence-corrected chi connectivity index (χ2v) is 6.56. The molecule has 0 radical (unpaired) electrons. The van der Waals surface area contributed by atoms with Crippen LogP contribution in [0.4, 0.5) is 0 Å². The number of hydrogen-bond donors (Lipinski definition) is 8. The lowest BCUT2D eigenvalue weighted by atomic mass is 9.84. The molecule has 1 aliphatic heterocycles. The standard InChI is InChI=1S/C14H30N4O7/c15-1-2-23-12-5(16)3-6(17)13(11(12)22)25-14-10(21)8(18)9(20)7(4-19)24-14/h5-14,19-22H,1-4,15-18H2. The summed E-state index contributed by atoms with van der Waals surface area (Å²) in [5.74, 6) is 0. The number of aliphatic hydroxyl groups is 4. The molecule has 2 aliphatic rings. The zero-order valence-corrected chi connectivity index (χ0v) is 13.9. The summed E-state index contributed by atoms with van der Waals surface area (Å²) in [7, 11) is 0. The molecule has 1 saturated heterocycles. The fourth-order valence-electron chi connectivity index (χ4n) is 3.27. The van der Waals surface area contributed by atoms with E-state index in [0.717, 1.165) is 0 Å². The molecule has 12 N–H and O–H groups in total. The Kier molecular flexibility index (Phi) is 7.49. The third-order valence-electron chi connectivity index (χ3n) is 4.72. The molecule has 10 atom stereocenters. The van der Waals surface area contributed by atoms with Crippen molar-refractivity contribution >= 4 is 0 Å². The van der Waals surface area contributed by atoms with Crippen molar-refractivity contribution in [2.75, 3.05) is 19.8 Å². The Bertz CT molecular complexity index is 419. The van der Waals surface area contributed by atoms with Crippen LogP contribution in [0.3, 0.4) is 0 Å². The van der Waals surface area contributed by atoms with E-state index in [1.54, 1.807) is 0 Å². The molecule has 1 aliphatic carbocycles. The predicted molar refractivity (Wildman–Crippen MR) is 86.0 cm³/mol. The van der Waals surface area contributed by atoms with Crippen LogP contribution in [0.15, 0.2) is 0 Å². The lowest BCUT2D eigenvalue weighted by Gasteiger charge is -2.46. The predicted octanol–water partition coefficient (Wildman–Crippen LogP) is -5.10. The van der Waals surface area contributed by atoms with E-state index < -0.39 is 67.6 Å². The second-order valence-electron chi connectivity index (χ2n) is 6.56. The Balaban J connectivity index is 2.08. The van der Waals surface area contributed by atoms with Gasteiger partial charge in [-0.05, 0) is 6.42 Å². The molecule has 11 nitrogen and oxygen atoms in total. The van der Waals surface area contributed by atoms with Crippen molar-refractivity contribution in [1.82, 2.24) is 0 Å². The van der Waals surface area contributed by atoms with Crippen LogP contribution in [-0.4, -0.2) is 101 Å². The topological polar surface area (TPSA) is 213 Å². The van der Waals surface area contributed by atoms with E-state index in [-0.39, 0.29) is 13.2 Å². The minimum Gasteiger partial charge on any atom is -0.394 e. The van der Waals surface area contributed by atoms with Gasteiger partial charge in [0.25, 0.3) is 0 Å². The number of hydrogen-bond acceptors (Lipinski definition) is 11. The Morgan fingerprint density at radius 3 is 2.20 bits per heavy atom. The van der Waals surface area contributed by atoms with Crippen LogP contribution >= 0.6 is 0 Å². The third kappa shape index (κ3) is 4.46. The summed E-state index contributed by atoms with van der Waals surface area (Å²) in [6.45, 7) is -0.0275. The Hall–Kier alpha value is -0.440. The first-order valence-electron chi connectivity index (χ1n) is 8.36. The second kappa shape index (κ2) is 8.97. The number of rotatable bonds is 6. The summed E-state index contributed by atoms with van der Waals surface area (Å²) < 4.78 is 16.5. The van der Waals surface area contributed by atoms with Crippen LogP contribution in [0.1, 0.15) is 6.42 Å². The molecule has 0 bridgehead atoms. The van der Waals surface area contributed by atoms with Crippen molar-refractivity contribution in [3.63, 3.8) is 0 Å². The van der Waals surface area contributed by atoms with Crippen LogP contribution in [0, 0.1) is 0 Å². The molecule has 0 amide bonds. The summed E-state index contributed by atoms with van der Waals surface area (Å²) >= 11 is 0. The maximum atomic E-state index is 10.5. The average Bonchev–Trinajstić information content (AvgIpc) is 2.58. The van der Waals surface area contributed by atoms with Gasteiger partial charge in [0.05, 0.1) is 19.3 Å². The number of ether oxygens (including phenoxy) is 3. The zero-order valence-electron chi connectivity index (χ0n) is 13.9. The van der Waals surface area contributed by atoms with Gasteiger partial charge in [0.1, 0.15) is 36.6 Å². The van der Waals surface area contributed by atoms with Crippen LogP contribution < -0.4 is 22.9 Å². The largest absolute Gasteiger partial charge is 0.394 e.